The first-order chi connectivity index (χ1) is 17.5. The molecule has 1 amide bonds. The fourth-order valence-electron chi connectivity index (χ4n) is 4.89. The molecule has 1 N–H and O–H groups in total. The second-order valence-corrected chi connectivity index (χ2v) is 9.01. The van der Waals surface area contributed by atoms with Crippen LogP contribution >= 0.6 is 0 Å². The van der Waals surface area contributed by atoms with Gasteiger partial charge in [-0.05, 0) is 51.0 Å². The number of anilines is 2. The molecule has 0 radical (unpaired) electrons. The monoisotopic (exact) mass is 486 g/mol. The Kier molecular flexibility index (Phi) is 6.45. The number of fused-ring (bicyclic) bond motifs is 1. The van der Waals surface area contributed by atoms with E-state index >= 15 is 0 Å². The van der Waals surface area contributed by atoms with E-state index in [9.17, 15) is 4.79 Å². The van der Waals surface area contributed by atoms with Crippen molar-refractivity contribution in [3.63, 3.8) is 0 Å². The van der Waals surface area contributed by atoms with Gasteiger partial charge in [-0.2, -0.15) is 10.2 Å². The average Bonchev–Trinajstić information content (AvgIpc) is 3.27. The Labute approximate surface area is 210 Å². The summed E-state index contributed by atoms with van der Waals surface area (Å²) in [7, 11) is 3.16. The molecule has 0 bridgehead atoms. The molecule has 9 heteroatoms. The molecule has 0 aliphatic carbocycles. The first-order valence-electron chi connectivity index (χ1n) is 12.1. The predicted molar refractivity (Wildman–Crippen MR) is 139 cm³/mol. The van der Waals surface area contributed by atoms with E-state index in [4.69, 9.17) is 14.6 Å². The number of methoxy groups -OCH3 is 2. The Morgan fingerprint density at radius 1 is 1.03 bits per heavy atom. The lowest BCUT2D eigenvalue weighted by atomic mass is 9.96. The number of ether oxygens (including phenoxy) is 2. The number of carbonyl (C=O) groups excluding carboxylic acids is 1. The van der Waals surface area contributed by atoms with E-state index < -0.39 is 0 Å². The standard InChI is InChI=1S/C27H30N6O3/c1-17-24-18(2)33(21-10-6-5-7-11-21)31-25(24)26(30-29-17)32-14-8-9-19(16-32)27(34)28-20-12-13-22(35-3)23(15-20)36-4/h5-7,10-13,15,19H,8-9,14,16H2,1-4H3,(H,28,34). The van der Waals surface area contributed by atoms with Crippen LogP contribution in [-0.4, -0.2) is 53.2 Å². The molecule has 1 atom stereocenters. The van der Waals surface area contributed by atoms with Gasteiger partial charge in [0.25, 0.3) is 0 Å². The maximum absolute atomic E-state index is 13.2. The highest BCUT2D eigenvalue weighted by atomic mass is 16.5. The number of amides is 1. The number of nitrogens with one attached hydrogen (secondary N) is 1. The number of hydrogen-bond acceptors (Lipinski definition) is 7. The van der Waals surface area contributed by atoms with Gasteiger partial charge >= 0.3 is 0 Å². The zero-order chi connectivity index (χ0) is 25.2. The van der Waals surface area contributed by atoms with Gasteiger partial charge in [0.15, 0.2) is 17.3 Å². The van der Waals surface area contributed by atoms with Crippen molar-refractivity contribution in [2.45, 2.75) is 26.7 Å². The van der Waals surface area contributed by atoms with Crippen LogP contribution in [0.25, 0.3) is 16.6 Å². The molecule has 1 saturated heterocycles. The molecular weight excluding hydrogens is 456 g/mol. The molecule has 5 rings (SSSR count). The number of piperidine rings is 1. The number of benzene rings is 2. The topological polar surface area (TPSA) is 94.4 Å². The minimum absolute atomic E-state index is 0.0331. The molecule has 186 valence electrons. The van der Waals surface area contributed by atoms with Gasteiger partial charge in [-0.25, -0.2) is 4.68 Å². The van der Waals surface area contributed by atoms with Gasteiger partial charge in [0, 0.05) is 24.8 Å². The summed E-state index contributed by atoms with van der Waals surface area (Å²) < 4.78 is 12.6. The third-order valence-corrected chi connectivity index (χ3v) is 6.73. The van der Waals surface area contributed by atoms with Crippen molar-refractivity contribution in [1.29, 1.82) is 0 Å². The largest absolute Gasteiger partial charge is 0.493 e. The summed E-state index contributed by atoms with van der Waals surface area (Å²) in [6.07, 6.45) is 1.68. The number of carbonyl (C=O) groups is 1. The molecule has 9 nitrogen and oxygen atoms in total. The van der Waals surface area contributed by atoms with Crippen molar-refractivity contribution in [3.8, 4) is 17.2 Å². The number of aryl methyl sites for hydroxylation is 2. The third-order valence-electron chi connectivity index (χ3n) is 6.73. The summed E-state index contributed by atoms with van der Waals surface area (Å²) in [4.78, 5) is 15.3. The number of aromatic nitrogens is 4. The van der Waals surface area contributed by atoms with Crippen LogP contribution in [0.3, 0.4) is 0 Å². The van der Waals surface area contributed by atoms with Crippen LogP contribution in [0, 0.1) is 19.8 Å². The van der Waals surface area contributed by atoms with Crippen LogP contribution in [0.1, 0.15) is 24.2 Å². The second-order valence-electron chi connectivity index (χ2n) is 9.01. The summed E-state index contributed by atoms with van der Waals surface area (Å²) in [5, 5.41) is 18.0. The Balaban J connectivity index is 1.41. The van der Waals surface area contributed by atoms with E-state index in [-0.39, 0.29) is 11.8 Å². The highest BCUT2D eigenvalue weighted by Crippen LogP contribution is 2.33. The summed E-state index contributed by atoms with van der Waals surface area (Å²) in [6, 6.07) is 15.4. The number of rotatable bonds is 6. The molecule has 0 spiro atoms. The van der Waals surface area contributed by atoms with Crippen LogP contribution in [0.5, 0.6) is 11.5 Å². The van der Waals surface area contributed by atoms with Crippen LogP contribution in [0.2, 0.25) is 0 Å². The van der Waals surface area contributed by atoms with E-state index in [1.54, 1.807) is 26.4 Å². The maximum Gasteiger partial charge on any atom is 0.229 e. The predicted octanol–water partition coefficient (Wildman–Crippen LogP) is 4.30. The smallest absolute Gasteiger partial charge is 0.229 e. The van der Waals surface area contributed by atoms with Gasteiger partial charge in [-0.3, -0.25) is 4.79 Å². The normalized spacial score (nSPS) is 15.7. The summed E-state index contributed by atoms with van der Waals surface area (Å²) in [5.41, 5.74) is 4.33. The van der Waals surface area contributed by atoms with E-state index in [1.165, 1.54) is 0 Å². The van der Waals surface area contributed by atoms with Gasteiger partial charge in [-0.1, -0.05) is 18.2 Å². The highest BCUT2D eigenvalue weighted by Gasteiger charge is 2.29. The van der Waals surface area contributed by atoms with Gasteiger partial charge in [0.05, 0.1) is 42.6 Å². The Bertz CT molecular complexity index is 1400. The van der Waals surface area contributed by atoms with Crippen molar-refractivity contribution >= 4 is 28.3 Å². The Hall–Kier alpha value is -4.14. The first-order valence-corrected chi connectivity index (χ1v) is 12.1. The molecular formula is C27H30N6O3. The fraction of sp³-hybridized carbons (Fsp3) is 0.333. The lowest BCUT2D eigenvalue weighted by Crippen LogP contribution is -2.41. The third kappa shape index (κ3) is 4.32. The van der Waals surface area contributed by atoms with Crippen LogP contribution in [0.15, 0.2) is 48.5 Å². The van der Waals surface area contributed by atoms with Crippen LogP contribution in [-0.2, 0) is 4.79 Å². The van der Waals surface area contributed by atoms with E-state index in [2.05, 4.69) is 27.3 Å². The zero-order valence-electron chi connectivity index (χ0n) is 21.0. The van der Waals surface area contributed by atoms with Gasteiger partial charge < -0.3 is 19.7 Å². The number of hydrogen-bond donors (Lipinski definition) is 1. The zero-order valence-corrected chi connectivity index (χ0v) is 21.0. The number of nitrogens with zero attached hydrogens (tertiary/aromatic N) is 5. The summed E-state index contributed by atoms with van der Waals surface area (Å²) in [6.45, 7) is 5.35. The molecule has 0 saturated carbocycles. The quantitative estimate of drug-likeness (QED) is 0.434. The molecule has 4 aromatic rings. The molecule has 3 heterocycles. The van der Waals surface area contributed by atoms with Gasteiger partial charge in [0.2, 0.25) is 5.91 Å². The molecule has 1 aliphatic heterocycles. The minimum atomic E-state index is -0.192. The van der Waals surface area contributed by atoms with E-state index in [0.717, 1.165) is 53.2 Å². The first kappa shape index (κ1) is 23.6. The lowest BCUT2D eigenvalue weighted by Gasteiger charge is -2.32. The molecule has 2 aromatic heterocycles. The van der Waals surface area contributed by atoms with E-state index in [1.807, 2.05) is 48.0 Å². The Morgan fingerprint density at radius 3 is 2.56 bits per heavy atom. The molecule has 2 aromatic carbocycles. The lowest BCUT2D eigenvalue weighted by molar-refractivity contribution is -0.120. The van der Waals surface area contributed by atoms with Gasteiger partial charge in [-0.15, -0.1) is 5.10 Å². The molecule has 1 fully saturated rings. The summed E-state index contributed by atoms with van der Waals surface area (Å²) in [5.74, 6) is 1.68. The molecule has 1 aliphatic rings. The second kappa shape index (κ2) is 9.85. The highest BCUT2D eigenvalue weighted by molar-refractivity contribution is 5.95. The Morgan fingerprint density at radius 2 is 1.81 bits per heavy atom. The van der Waals surface area contributed by atoms with Crippen molar-refractivity contribution in [3.05, 3.63) is 59.9 Å². The van der Waals surface area contributed by atoms with E-state index in [0.29, 0.717) is 23.7 Å². The molecule has 1 unspecified atom stereocenters. The SMILES string of the molecule is COc1ccc(NC(=O)C2CCCN(c3nnc(C)c4c(C)n(-c5ccccc5)nc34)C2)cc1OC. The van der Waals surface area contributed by atoms with Crippen molar-refractivity contribution < 1.29 is 14.3 Å². The van der Waals surface area contributed by atoms with Crippen molar-refractivity contribution in [1.82, 2.24) is 20.0 Å². The number of para-hydroxylation sites is 1. The van der Waals surface area contributed by atoms with Crippen LogP contribution < -0.4 is 19.7 Å². The summed E-state index contributed by atoms with van der Waals surface area (Å²) >= 11 is 0. The van der Waals surface area contributed by atoms with Crippen molar-refractivity contribution in [2.75, 3.05) is 37.5 Å². The average molecular weight is 487 g/mol. The van der Waals surface area contributed by atoms with Gasteiger partial charge in [0.1, 0.15) is 5.52 Å². The van der Waals surface area contributed by atoms with Crippen molar-refractivity contribution in [2.24, 2.45) is 5.92 Å². The fourth-order valence-corrected chi connectivity index (χ4v) is 4.89. The minimum Gasteiger partial charge on any atom is -0.493 e. The maximum atomic E-state index is 13.2. The molecule has 36 heavy (non-hydrogen) atoms. The van der Waals surface area contributed by atoms with Crippen LogP contribution in [0.4, 0.5) is 11.5 Å².